The second kappa shape index (κ2) is 5.83. The molecule has 2 aliphatic rings. The van der Waals surface area contributed by atoms with Crippen LogP contribution in [0.4, 0.5) is 0 Å². The van der Waals surface area contributed by atoms with Crippen molar-refractivity contribution >= 4 is 5.97 Å². The van der Waals surface area contributed by atoms with Crippen LogP contribution in [-0.4, -0.2) is 23.3 Å². The molecular formula is C20H28O4. The van der Waals surface area contributed by atoms with Gasteiger partial charge in [-0.05, 0) is 56.9 Å². The van der Waals surface area contributed by atoms with Crippen LogP contribution in [0.3, 0.4) is 0 Å². The number of carbonyl (C=O) groups excluding carboxylic acids is 1. The number of carbonyl (C=O) groups is 1. The number of esters is 1. The molecule has 0 heterocycles. The van der Waals surface area contributed by atoms with Crippen LogP contribution in [0.5, 0.6) is 0 Å². The Labute approximate surface area is 144 Å². The Hall–Kier alpha value is -1.97. The smallest absolute Gasteiger partial charge is 0.313 e. The first-order valence-electron chi connectivity index (χ1n) is 8.27. The van der Waals surface area contributed by atoms with Gasteiger partial charge in [-0.25, -0.2) is 0 Å². The number of aliphatic hydroxyl groups excluding tert-OH is 2. The van der Waals surface area contributed by atoms with Gasteiger partial charge in [0.1, 0.15) is 11.5 Å². The van der Waals surface area contributed by atoms with E-state index >= 15 is 0 Å². The van der Waals surface area contributed by atoms with Crippen molar-refractivity contribution in [1.82, 2.24) is 0 Å². The highest BCUT2D eigenvalue weighted by Crippen LogP contribution is 2.60. The molecule has 0 saturated heterocycles. The highest BCUT2D eigenvalue weighted by Gasteiger charge is 2.60. The first kappa shape index (κ1) is 18.4. The van der Waals surface area contributed by atoms with E-state index in [-0.39, 0.29) is 17.5 Å². The molecule has 0 aromatic rings. The number of hydrogen-bond donors (Lipinski definition) is 2. The zero-order valence-corrected chi connectivity index (χ0v) is 15.4. The van der Waals surface area contributed by atoms with Crippen LogP contribution < -0.4 is 0 Å². The summed E-state index contributed by atoms with van der Waals surface area (Å²) in [5.41, 5.74) is -0.397. The first-order valence-corrected chi connectivity index (χ1v) is 8.27. The molecule has 2 atom stereocenters. The Kier molecular flexibility index (Phi) is 4.47. The van der Waals surface area contributed by atoms with E-state index in [1.54, 1.807) is 12.2 Å². The van der Waals surface area contributed by atoms with Crippen LogP contribution in [0.15, 0.2) is 47.0 Å². The predicted molar refractivity (Wildman–Crippen MR) is 94.5 cm³/mol. The van der Waals surface area contributed by atoms with E-state index in [0.29, 0.717) is 12.8 Å². The summed E-state index contributed by atoms with van der Waals surface area (Å²) in [6.45, 7) is 9.68. The topological polar surface area (TPSA) is 66.8 Å². The minimum Gasteiger partial charge on any atom is -0.508 e. The third kappa shape index (κ3) is 2.48. The molecule has 0 fully saturated rings. The van der Waals surface area contributed by atoms with E-state index in [1.165, 1.54) is 7.11 Å². The lowest BCUT2D eigenvalue weighted by Crippen LogP contribution is -2.54. The van der Waals surface area contributed by atoms with E-state index in [9.17, 15) is 15.0 Å². The number of aliphatic hydroxyl groups is 2. The maximum Gasteiger partial charge on any atom is 0.313 e. The average Bonchev–Trinajstić information content (AvgIpc) is 2.53. The molecule has 0 bridgehead atoms. The van der Waals surface area contributed by atoms with E-state index in [0.717, 1.165) is 11.1 Å². The van der Waals surface area contributed by atoms with Crippen molar-refractivity contribution in [3.63, 3.8) is 0 Å². The Morgan fingerprint density at radius 1 is 1.04 bits per heavy atom. The summed E-state index contributed by atoms with van der Waals surface area (Å²) in [7, 11) is 1.41. The molecule has 2 unspecified atom stereocenters. The summed E-state index contributed by atoms with van der Waals surface area (Å²) in [5.74, 6) is 0.237. The molecule has 0 radical (unpaired) electrons. The number of rotatable bonds is 3. The van der Waals surface area contributed by atoms with Gasteiger partial charge >= 0.3 is 5.97 Å². The molecular weight excluding hydrogens is 304 g/mol. The van der Waals surface area contributed by atoms with Crippen molar-refractivity contribution in [2.24, 2.45) is 16.2 Å². The molecule has 0 amide bonds. The Balaban J connectivity index is 2.64. The SMILES string of the molecule is COC(=O)C(C)(C1(C)C=C(C)C(O)=CC1)C1(C)C=C(C)C(O)=CC1. The molecule has 24 heavy (non-hydrogen) atoms. The lowest BCUT2D eigenvalue weighted by molar-refractivity contribution is -0.167. The maximum atomic E-state index is 13.0. The van der Waals surface area contributed by atoms with Crippen molar-refractivity contribution < 1.29 is 19.7 Å². The summed E-state index contributed by atoms with van der Waals surface area (Å²) in [6, 6.07) is 0. The summed E-state index contributed by atoms with van der Waals surface area (Å²) in [5, 5.41) is 19.9. The van der Waals surface area contributed by atoms with Gasteiger partial charge in [-0.15, -0.1) is 0 Å². The monoisotopic (exact) mass is 332 g/mol. The Bertz CT molecular complexity index is 632. The second-order valence-corrected chi connectivity index (χ2v) is 7.69. The van der Waals surface area contributed by atoms with Crippen molar-refractivity contribution in [3.05, 3.63) is 47.0 Å². The van der Waals surface area contributed by atoms with E-state index in [4.69, 9.17) is 4.74 Å². The van der Waals surface area contributed by atoms with Crippen LogP contribution in [-0.2, 0) is 9.53 Å². The van der Waals surface area contributed by atoms with Crippen LogP contribution in [0, 0.1) is 16.2 Å². The maximum absolute atomic E-state index is 13.0. The molecule has 0 spiro atoms. The lowest BCUT2D eigenvalue weighted by Gasteiger charge is -2.53. The van der Waals surface area contributed by atoms with Crippen LogP contribution in [0.25, 0.3) is 0 Å². The van der Waals surface area contributed by atoms with E-state index in [2.05, 4.69) is 0 Å². The third-order valence-electron chi connectivity index (χ3n) is 6.20. The molecule has 4 heteroatoms. The highest BCUT2D eigenvalue weighted by atomic mass is 16.5. The number of hydrogen-bond acceptors (Lipinski definition) is 4. The van der Waals surface area contributed by atoms with Gasteiger partial charge in [0.25, 0.3) is 0 Å². The van der Waals surface area contributed by atoms with E-state index in [1.807, 2.05) is 46.8 Å². The number of ether oxygens (including phenoxy) is 1. The molecule has 2 rings (SSSR count). The predicted octanol–water partition coefficient (Wildman–Crippen LogP) is 4.76. The summed E-state index contributed by atoms with van der Waals surface area (Å²) < 4.78 is 5.21. The molecule has 132 valence electrons. The largest absolute Gasteiger partial charge is 0.508 e. The van der Waals surface area contributed by atoms with Crippen molar-refractivity contribution in [1.29, 1.82) is 0 Å². The number of allylic oxidation sites excluding steroid dienone is 6. The molecule has 0 aliphatic heterocycles. The van der Waals surface area contributed by atoms with Gasteiger partial charge in [-0.1, -0.05) is 26.0 Å². The van der Waals surface area contributed by atoms with E-state index < -0.39 is 16.2 Å². The van der Waals surface area contributed by atoms with Gasteiger partial charge in [0.15, 0.2) is 0 Å². The number of methoxy groups -OCH3 is 1. The van der Waals surface area contributed by atoms with Gasteiger partial charge in [0.2, 0.25) is 0 Å². The molecule has 2 N–H and O–H groups in total. The van der Waals surface area contributed by atoms with Gasteiger partial charge in [0, 0.05) is 10.8 Å². The zero-order valence-electron chi connectivity index (χ0n) is 15.4. The minimum atomic E-state index is -0.869. The summed E-state index contributed by atoms with van der Waals surface area (Å²) in [4.78, 5) is 13.0. The molecule has 0 aromatic heterocycles. The molecule has 0 aromatic carbocycles. The van der Waals surface area contributed by atoms with Crippen molar-refractivity contribution in [2.45, 2.75) is 47.5 Å². The normalized spacial score (nSPS) is 32.8. The van der Waals surface area contributed by atoms with Gasteiger partial charge in [-0.3, -0.25) is 4.79 Å². The van der Waals surface area contributed by atoms with Crippen LogP contribution in [0.2, 0.25) is 0 Å². The Morgan fingerprint density at radius 2 is 1.42 bits per heavy atom. The highest BCUT2D eigenvalue weighted by molar-refractivity contribution is 5.80. The fourth-order valence-electron chi connectivity index (χ4n) is 4.18. The third-order valence-corrected chi connectivity index (χ3v) is 6.20. The Morgan fingerprint density at radius 3 is 1.71 bits per heavy atom. The zero-order chi connectivity index (χ0) is 18.3. The van der Waals surface area contributed by atoms with Gasteiger partial charge < -0.3 is 14.9 Å². The lowest BCUT2D eigenvalue weighted by atomic mass is 9.48. The molecule has 2 aliphatic carbocycles. The fraction of sp³-hybridized carbons (Fsp3) is 0.550. The first-order chi connectivity index (χ1) is 11.0. The quantitative estimate of drug-likeness (QED) is 0.731. The van der Waals surface area contributed by atoms with Crippen molar-refractivity contribution in [2.75, 3.05) is 7.11 Å². The summed E-state index contributed by atoms with van der Waals surface area (Å²) >= 11 is 0. The summed E-state index contributed by atoms with van der Waals surface area (Å²) in [6.07, 6.45) is 8.58. The minimum absolute atomic E-state index is 0.262. The second-order valence-electron chi connectivity index (χ2n) is 7.69. The molecule has 0 saturated carbocycles. The standard InChI is InChI=1S/C20H28O4/c1-13-11-18(3,9-7-15(13)21)20(5,17(23)24-6)19(4)10-8-16(22)14(2)12-19/h7-8,11-12,21-22H,9-10H2,1-6H3. The van der Waals surface area contributed by atoms with Crippen LogP contribution in [0.1, 0.15) is 47.5 Å². The van der Waals surface area contributed by atoms with Gasteiger partial charge in [-0.2, -0.15) is 0 Å². The van der Waals surface area contributed by atoms with Crippen molar-refractivity contribution in [3.8, 4) is 0 Å². The fourth-order valence-corrected chi connectivity index (χ4v) is 4.18. The molecule has 4 nitrogen and oxygen atoms in total. The van der Waals surface area contributed by atoms with Gasteiger partial charge in [0.05, 0.1) is 12.5 Å². The van der Waals surface area contributed by atoms with Crippen LogP contribution >= 0.6 is 0 Å². The average molecular weight is 332 g/mol.